The summed E-state index contributed by atoms with van der Waals surface area (Å²) >= 11 is 6.04. The van der Waals surface area contributed by atoms with Gasteiger partial charge in [-0.3, -0.25) is 9.59 Å². The van der Waals surface area contributed by atoms with Crippen LogP contribution in [0.25, 0.3) is 11.0 Å². The second-order valence-electron chi connectivity index (χ2n) is 5.59. The molecule has 0 aliphatic heterocycles. The molecule has 0 aliphatic carbocycles. The number of aryl methyl sites for hydroxylation is 1. The minimum Gasteiger partial charge on any atom is -0.497 e. The second-order valence-corrected chi connectivity index (χ2v) is 6.00. The van der Waals surface area contributed by atoms with Gasteiger partial charge in [0.15, 0.2) is 11.2 Å². The van der Waals surface area contributed by atoms with E-state index in [0.29, 0.717) is 33.2 Å². The van der Waals surface area contributed by atoms with Crippen LogP contribution in [-0.2, 0) is 0 Å². The van der Waals surface area contributed by atoms with Gasteiger partial charge < -0.3 is 19.2 Å². The summed E-state index contributed by atoms with van der Waals surface area (Å²) in [5, 5.41) is 3.45. The fraction of sp³-hybridized carbons (Fsp3) is 0.158. The van der Waals surface area contributed by atoms with E-state index in [4.69, 9.17) is 25.5 Å². The number of amides is 1. The zero-order valence-electron chi connectivity index (χ0n) is 14.4. The van der Waals surface area contributed by atoms with Crippen molar-refractivity contribution in [3.8, 4) is 11.5 Å². The monoisotopic (exact) mass is 373 g/mol. The van der Waals surface area contributed by atoms with Crippen LogP contribution in [0, 0.1) is 6.92 Å². The summed E-state index contributed by atoms with van der Waals surface area (Å²) in [6, 6.07) is 9.26. The second kappa shape index (κ2) is 7.09. The summed E-state index contributed by atoms with van der Waals surface area (Å²) in [4.78, 5) is 24.8. The van der Waals surface area contributed by atoms with Gasteiger partial charge in [0.1, 0.15) is 17.1 Å². The summed E-state index contributed by atoms with van der Waals surface area (Å²) in [6.45, 7) is 1.79. The van der Waals surface area contributed by atoms with Gasteiger partial charge in [0.25, 0.3) is 5.91 Å². The molecule has 1 heterocycles. The number of benzene rings is 2. The number of ether oxygens (including phenoxy) is 2. The van der Waals surface area contributed by atoms with Gasteiger partial charge in [-0.25, -0.2) is 0 Å². The number of hydrogen-bond donors (Lipinski definition) is 1. The van der Waals surface area contributed by atoms with Crippen LogP contribution >= 0.6 is 11.6 Å². The topological polar surface area (TPSA) is 77.8 Å². The fourth-order valence-electron chi connectivity index (χ4n) is 2.47. The van der Waals surface area contributed by atoms with E-state index in [2.05, 4.69) is 5.32 Å². The molecule has 0 spiro atoms. The van der Waals surface area contributed by atoms with Crippen LogP contribution in [0.2, 0.25) is 5.02 Å². The molecule has 3 rings (SSSR count). The van der Waals surface area contributed by atoms with Gasteiger partial charge in [0.05, 0.1) is 25.3 Å². The van der Waals surface area contributed by atoms with Crippen molar-refractivity contribution < 1.29 is 18.7 Å². The summed E-state index contributed by atoms with van der Waals surface area (Å²) in [7, 11) is 3.01. The van der Waals surface area contributed by atoms with Crippen LogP contribution in [0.3, 0.4) is 0 Å². The van der Waals surface area contributed by atoms with Crippen LogP contribution in [0.4, 0.5) is 5.69 Å². The third kappa shape index (κ3) is 3.36. The lowest BCUT2D eigenvalue weighted by atomic mass is 10.1. The third-order valence-corrected chi connectivity index (χ3v) is 4.30. The number of halogens is 1. The molecule has 3 aromatic rings. The van der Waals surface area contributed by atoms with Crippen molar-refractivity contribution >= 4 is 34.2 Å². The molecular weight excluding hydrogens is 358 g/mol. The Morgan fingerprint density at radius 3 is 2.58 bits per heavy atom. The Labute approximate surface area is 154 Å². The van der Waals surface area contributed by atoms with Crippen molar-refractivity contribution in [2.24, 2.45) is 0 Å². The molecule has 0 fully saturated rings. The van der Waals surface area contributed by atoms with E-state index in [9.17, 15) is 9.59 Å². The van der Waals surface area contributed by atoms with Crippen molar-refractivity contribution in [1.29, 1.82) is 0 Å². The van der Waals surface area contributed by atoms with Crippen LogP contribution < -0.4 is 20.2 Å². The van der Waals surface area contributed by atoms with E-state index < -0.39 is 5.91 Å². The van der Waals surface area contributed by atoms with E-state index in [0.717, 1.165) is 11.6 Å². The maximum Gasteiger partial charge on any atom is 0.291 e. The number of carbonyl (C=O) groups is 1. The number of methoxy groups -OCH3 is 2. The van der Waals surface area contributed by atoms with Gasteiger partial charge in [0, 0.05) is 17.2 Å². The lowest BCUT2D eigenvalue weighted by Crippen LogP contribution is -2.15. The molecule has 26 heavy (non-hydrogen) atoms. The summed E-state index contributed by atoms with van der Waals surface area (Å²) < 4.78 is 16.0. The molecule has 7 heteroatoms. The fourth-order valence-corrected chi connectivity index (χ4v) is 2.64. The molecule has 0 unspecified atom stereocenters. The van der Waals surface area contributed by atoms with E-state index in [1.807, 2.05) is 0 Å². The Morgan fingerprint density at radius 1 is 1.12 bits per heavy atom. The van der Waals surface area contributed by atoms with Crippen LogP contribution in [-0.4, -0.2) is 20.1 Å². The first-order valence-electron chi connectivity index (χ1n) is 7.70. The third-order valence-electron chi connectivity index (χ3n) is 3.89. The highest BCUT2D eigenvalue weighted by Gasteiger charge is 2.16. The lowest BCUT2D eigenvalue weighted by molar-refractivity contribution is 0.0996. The molecule has 0 saturated heterocycles. The molecule has 0 aliphatic rings. The number of nitrogens with one attached hydrogen (secondary N) is 1. The standard InChI is InChI=1S/C19H16ClNO5/c1-10-6-16-12(8-13(10)20)15(22)9-18(26-16)19(23)21-14-5-4-11(24-2)7-17(14)25-3/h4-9H,1-3H3,(H,21,23). The molecule has 1 N–H and O–H groups in total. The van der Waals surface area contributed by atoms with Crippen molar-refractivity contribution in [2.45, 2.75) is 6.92 Å². The molecular formula is C19H16ClNO5. The summed E-state index contributed by atoms with van der Waals surface area (Å²) in [6.07, 6.45) is 0. The van der Waals surface area contributed by atoms with Gasteiger partial charge in [-0.1, -0.05) is 11.6 Å². The molecule has 0 radical (unpaired) electrons. The van der Waals surface area contributed by atoms with Crippen molar-refractivity contribution in [1.82, 2.24) is 0 Å². The minimum absolute atomic E-state index is 0.109. The average Bonchev–Trinajstić information content (AvgIpc) is 2.63. The Kier molecular flexibility index (Phi) is 4.86. The molecule has 6 nitrogen and oxygen atoms in total. The highest BCUT2D eigenvalue weighted by atomic mass is 35.5. The maximum atomic E-state index is 12.5. The molecule has 0 saturated carbocycles. The zero-order valence-corrected chi connectivity index (χ0v) is 15.1. The van der Waals surface area contributed by atoms with Crippen LogP contribution in [0.5, 0.6) is 11.5 Å². The normalized spacial score (nSPS) is 10.6. The van der Waals surface area contributed by atoms with Gasteiger partial charge >= 0.3 is 0 Å². The van der Waals surface area contributed by atoms with Gasteiger partial charge in [-0.2, -0.15) is 0 Å². The largest absolute Gasteiger partial charge is 0.497 e. The highest BCUT2D eigenvalue weighted by Crippen LogP contribution is 2.29. The lowest BCUT2D eigenvalue weighted by Gasteiger charge is -2.11. The highest BCUT2D eigenvalue weighted by molar-refractivity contribution is 6.32. The molecule has 2 aromatic carbocycles. The molecule has 0 bridgehead atoms. The molecule has 1 aromatic heterocycles. The zero-order chi connectivity index (χ0) is 18.8. The van der Waals surface area contributed by atoms with Crippen molar-refractivity contribution in [3.05, 3.63) is 63.0 Å². The predicted octanol–water partition coefficient (Wildman–Crippen LogP) is 4.02. The number of hydrogen-bond acceptors (Lipinski definition) is 5. The van der Waals surface area contributed by atoms with E-state index in [-0.39, 0.29) is 11.2 Å². The molecule has 1 amide bonds. The van der Waals surface area contributed by atoms with Gasteiger partial charge in [0.2, 0.25) is 0 Å². The van der Waals surface area contributed by atoms with Crippen LogP contribution in [0.1, 0.15) is 16.1 Å². The first kappa shape index (κ1) is 17.8. The van der Waals surface area contributed by atoms with Gasteiger partial charge in [-0.05, 0) is 36.8 Å². The van der Waals surface area contributed by atoms with E-state index in [1.165, 1.54) is 20.3 Å². The summed E-state index contributed by atoms with van der Waals surface area (Å²) in [5.41, 5.74) is 1.12. The number of carbonyl (C=O) groups excluding carboxylic acids is 1. The van der Waals surface area contributed by atoms with E-state index in [1.54, 1.807) is 31.2 Å². The number of fused-ring (bicyclic) bond motifs is 1. The first-order chi connectivity index (χ1) is 12.4. The summed E-state index contributed by atoms with van der Waals surface area (Å²) in [5.74, 6) is 0.329. The first-order valence-corrected chi connectivity index (χ1v) is 8.08. The Hall–Kier alpha value is -2.99. The average molecular weight is 374 g/mol. The molecule has 0 atom stereocenters. The minimum atomic E-state index is -0.569. The molecule has 134 valence electrons. The Balaban J connectivity index is 1.98. The predicted molar refractivity (Wildman–Crippen MR) is 99.7 cm³/mol. The smallest absolute Gasteiger partial charge is 0.291 e. The maximum absolute atomic E-state index is 12.5. The Morgan fingerprint density at radius 2 is 1.88 bits per heavy atom. The van der Waals surface area contributed by atoms with Crippen molar-refractivity contribution in [2.75, 3.05) is 19.5 Å². The van der Waals surface area contributed by atoms with Crippen molar-refractivity contribution in [3.63, 3.8) is 0 Å². The SMILES string of the molecule is COc1ccc(NC(=O)c2cc(=O)c3cc(Cl)c(C)cc3o2)c(OC)c1. The number of rotatable bonds is 4. The number of anilines is 1. The van der Waals surface area contributed by atoms with Crippen LogP contribution in [0.15, 0.2) is 45.6 Å². The quantitative estimate of drug-likeness (QED) is 0.747. The van der Waals surface area contributed by atoms with E-state index >= 15 is 0 Å². The Bertz CT molecular complexity index is 1060. The van der Waals surface area contributed by atoms with Gasteiger partial charge in [-0.15, -0.1) is 0 Å².